The number of hydrogen-bond donors (Lipinski definition) is 1. The summed E-state index contributed by atoms with van der Waals surface area (Å²) in [5, 5.41) is 9.41. The van der Waals surface area contributed by atoms with Gasteiger partial charge >= 0.3 is 5.97 Å². The Balaban J connectivity index is 2.43. The molecule has 1 amide bonds. The average Bonchev–Trinajstić information content (AvgIpc) is 2.70. The molecule has 2 atom stereocenters. The monoisotopic (exact) mass is 375 g/mol. The molecule has 0 bridgehead atoms. The van der Waals surface area contributed by atoms with Gasteiger partial charge < -0.3 is 14.7 Å². The van der Waals surface area contributed by atoms with Crippen LogP contribution in [0, 0.1) is 12.8 Å². The molecule has 0 aromatic carbocycles. The topological polar surface area (TPSA) is 66.8 Å². The van der Waals surface area contributed by atoms with Crippen LogP contribution in [-0.4, -0.2) is 41.1 Å². The van der Waals surface area contributed by atoms with Gasteiger partial charge in [-0.1, -0.05) is 13.8 Å². The highest BCUT2D eigenvalue weighted by atomic mass is 79.9. The molecule has 1 N–H and O–H groups in total. The number of morpholine rings is 1. The van der Waals surface area contributed by atoms with Gasteiger partial charge in [0.25, 0.3) is 0 Å². The fourth-order valence-corrected chi connectivity index (χ4v) is 4.10. The molecule has 0 aliphatic carbocycles. The highest BCUT2D eigenvalue weighted by Gasteiger charge is 2.42. The fourth-order valence-electron chi connectivity index (χ4n) is 2.40. The molecule has 7 heteroatoms. The van der Waals surface area contributed by atoms with Crippen molar-refractivity contribution in [2.24, 2.45) is 5.92 Å². The van der Waals surface area contributed by atoms with Gasteiger partial charge in [-0.2, -0.15) is 0 Å². The van der Waals surface area contributed by atoms with Gasteiger partial charge in [0.2, 0.25) is 5.91 Å². The normalized spacial score (nSPS) is 22.9. The maximum Gasteiger partial charge on any atom is 0.335 e. The number of nitrogens with zero attached hydrogens (tertiary/aromatic N) is 1. The minimum atomic E-state index is -1.04. The molecule has 116 valence electrons. The van der Waals surface area contributed by atoms with Crippen molar-refractivity contribution in [1.29, 1.82) is 0 Å². The summed E-state index contributed by atoms with van der Waals surface area (Å²) >= 11 is 4.94. The van der Waals surface area contributed by atoms with E-state index in [2.05, 4.69) is 15.9 Å². The van der Waals surface area contributed by atoms with Crippen molar-refractivity contribution >= 4 is 39.1 Å². The lowest BCUT2D eigenvalue weighted by molar-refractivity contribution is -0.173. The van der Waals surface area contributed by atoms with E-state index in [0.29, 0.717) is 6.54 Å². The zero-order valence-corrected chi connectivity index (χ0v) is 14.5. The number of thiophene rings is 1. The number of carboxylic acid groups (broad SMARTS) is 1. The van der Waals surface area contributed by atoms with Gasteiger partial charge in [-0.25, -0.2) is 4.79 Å². The van der Waals surface area contributed by atoms with E-state index in [1.54, 1.807) is 4.90 Å². The zero-order chi connectivity index (χ0) is 15.7. The highest BCUT2D eigenvalue weighted by Crippen LogP contribution is 2.38. The molecule has 1 aliphatic heterocycles. The number of carbonyl (C=O) groups excluding carboxylic acids is 1. The number of hydrogen-bond acceptors (Lipinski definition) is 4. The number of ether oxygens (including phenoxy) is 1. The van der Waals surface area contributed by atoms with E-state index in [0.717, 1.165) is 14.2 Å². The second-order valence-corrected chi connectivity index (χ2v) is 7.65. The van der Waals surface area contributed by atoms with Crippen LogP contribution in [0.2, 0.25) is 0 Å². The van der Waals surface area contributed by atoms with E-state index < -0.39 is 18.1 Å². The van der Waals surface area contributed by atoms with Crippen molar-refractivity contribution < 1.29 is 19.4 Å². The number of amides is 1. The number of halogens is 1. The van der Waals surface area contributed by atoms with Crippen LogP contribution >= 0.6 is 27.3 Å². The van der Waals surface area contributed by atoms with Crippen LogP contribution in [0.1, 0.15) is 29.6 Å². The van der Waals surface area contributed by atoms with Gasteiger partial charge in [0, 0.05) is 20.8 Å². The zero-order valence-electron chi connectivity index (χ0n) is 12.1. The molecule has 1 aromatic rings. The van der Waals surface area contributed by atoms with E-state index in [9.17, 15) is 14.7 Å². The molecule has 1 aliphatic rings. The molecule has 0 spiro atoms. The summed E-state index contributed by atoms with van der Waals surface area (Å²) in [5.74, 6) is -0.940. The van der Waals surface area contributed by atoms with Crippen molar-refractivity contribution in [2.75, 3.05) is 13.2 Å². The molecule has 5 nitrogen and oxygen atoms in total. The Morgan fingerprint density at radius 1 is 1.62 bits per heavy atom. The number of carboxylic acids is 1. The Bertz CT molecular complexity index is 538. The van der Waals surface area contributed by atoms with E-state index >= 15 is 0 Å². The summed E-state index contributed by atoms with van der Waals surface area (Å²) in [7, 11) is 0. The third kappa shape index (κ3) is 3.46. The van der Waals surface area contributed by atoms with Crippen LogP contribution in [0.3, 0.4) is 0 Å². The Labute approximate surface area is 136 Å². The molecule has 1 saturated heterocycles. The Morgan fingerprint density at radius 3 is 2.76 bits per heavy atom. The number of aryl methyl sites for hydroxylation is 1. The van der Waals surface area contributed by atoms with Gasteiger partial charge in [-0.3, -0.25) is 4.79 Å². The van der Waals surface area contributed by atoms with E-state index in [-0.39, 0.29) is 18.4 Å². The Morgan fingerprint density at radius 2 is 2.29 bits per heavy atom. The molecule has 0 saturated carbocycles. The summed E-state index contributed by atoms with van der Waals surface area (Å²) in [4.78, 5) is 27.2. The predicted octanol–water partition coefficient (Wildman–Crippen LogP) is 2.83. The molecular weight excluding hydrogens is 358 g/mol. The minimum absolute atomic E-state index is 0.159. The van der Waals surface area contributed by atoms with Crippen LogP contribution in [0.4, 0.5) is 0 Å². The van der Waals surface area contributed by atoms with E-state index in [1.165, 1.54) is 11.3 Å². The summed E-state index contributed by atoms with van der Waals surface area (Å²) in [6.07, 6.45) is -1.02. The van der Waals surface area contributed by atoms with Crippen LogP contribution in [0.25, 0.3) is 0 Å². The van der Waals surface area contributed by atoms with Crippen molar-refractivity contribution in [1.82, 2.24) is 4.90 Å². The van der Waals surface area contributed by atoms with Crippen molar-refractivity contribution in [3.05, 3.63) is 20.3 Å². The van der Waals surface area contributed by atoms with Gasteiger partial charge in [0.1, 0.15) is 12.6 Å². The predicted molar refractivity (Wildman–Crippen MR) is 83.4 cm³/mol. The summed E-state index contributed by atoms with van der Waals surface area (Å²) in [6.45, 7) is 6.31. The lowest BCUT2D eigenvalue weighted by Gasteiger charge is -2.39. The SMILES string of the molecule is Cc1sc(C2C(C(=O)O)OCC(=O)N2CC(C)C)cc1Br. The van der Waals surface area contributed by atoms with Gasteiger partial charge in [0.05, 0.1) is 0 Å². The first-order valence-electron chi connectivity index (χ1n) is 6.71. The van der Waals surface area contributed by atoms with E-state index in [4.69, 9.17) is 4.74 Å². The average molecular weight is 376 g/mol. The van der Waals surface area contributed by atoms with Crippen LogP contribution in [-0.2, 0) is 14.3 Å². The quantitative estimate of drug-likeness (QED) is 0.878. The largest absolute Gasteiger partial charge is 0.479 e. The smallest absolute Gasteiger partial charge is 0.335 e. The lowest BCUT2D eigenvalue weighted by atomic mass is 10.0. The second-order valence-electron chi connectivity index (χ2n) is 5.51. The maximum atomic E-state index is 12.2. The number of aliphatic carboxylic acids is 1. The lowest BCUT2D eigenvalue weighted by Crippen LogP contribution is -2.52. The molecule has 21 heavy (non-hydrogen) atoms. The van der Waals surface area contributed by atoms with E-state index in [1.807, 2.05) is 26.8 Å². The summed E-state index contributed by atoms with van der Waals surface area (Å²) < 4.78 is 6.21. The number of rotatable bonds is 4. The first-order chi connectivity index (χ1) is 9.81. The standard InChI is InChI=1S/C14H18BrNO4S/c1-7(2)5-16-11(17)6-20-13(14(18)19)12(16)10-4-9(15)8(3)21-10/h4,7,12-13H,5-6H2,1-3H3,(H,18,19). The number of carbonyl (C=O) groups is 2. The Hall–Kier alpha value is -0.920. The third-order valence-electron chi connectivity index (χ3n) is 3.30. The first kappa shape index (κ1) is 16.5. The molecular formula is C14H18BrNO4S. The van der Waals surface area contributed by atoms with Crippen LogP contribution in [0.15, 0.2) is 10.5 Å². The highest BCUT2D eigenvalue weighted by molar-refractivity contribution is 9.10. The van der Waals surface area contributed by atoms with Crippen molar-refractivity contribution in [2.45, 2.75) is 32.9 Å². The Kier molecular flexibility index (Phi) is 5.06. The van der Waals surface area contributed by atoms with Crippen LogP contribution in [0.5, 0.6) is 0 Å². The summed E-state index contributed by atoms with van der Waals surface area (Å²) in [5.41, 5.74) is 0. The molecule has 2 rings (SSSR count). The second kappa shape index (κ2) is 6.46. The first-order valence-corrected chi connectivity index (χ1v) is 8.32. The molecule has 2 unspecified atom stereocenters. The summed E-state index contributed by atoms with van der Waals surface area (Å²) in [6, 6.07) is 1.32. The maximum absolute atomic E-state index is 12.2. The van der Waals surface area contributed by atoms with Gasteiger partial charge in [0.15, 0.2) is 6.10 Å². The third-order valence-corrected chi connectivity index (χ3v) is 5.51. The van der Waals surface area contributed by atoms with Gasteiger partial charge in [-0.05, 0) is 34.8 Å². The van der Waals surface area contributed by atoms with Crippen molar-refractivity contribution in [3.63, 3.8) is 0 Å². The molecule has 0 radical (unpaired) electrons. The molecule has 1 aromatic heterocycles. The molecule has 2 heterocycles. The molecule has 1 fully saturated rings. The van der Waals surface area contributed by atoms with Crippen LogP contribution < -0.4 is 0 Å². The van der Waals surface area contributed by atoms with Gasteiger partial charge in [-0.15, -0.1) is 11.3 Å². The minimum Gasteiger partial charge on any atom is -0.479 e. The fraction of sp³-hybridized carbons (Fsp3) is 0.571. The van der Waals surface area contributed by atoms with Crippen molar-refractivity contribution in [3.8, 4) is 0 Å².